The molecule has 1 amide bonds. The van der Waals surface area contributed by atoms with Crippen LogP contribution in [0.1, 0.15) is 51.4 Å². The van der Waals surface area contributed by atoms with Gasteiger partial charge < -0.3 is 15.2 Å². The topological polar surface area (TPSA) is 75.6 Å². The highest BCUT2D eigenvalue weighted by Gasteiger charge is 2.33. The fraction of sp³-hybridized carbons (Fsp3) is 0.714. The van der Waals surface area contributed by atoms with Crippen molar-refractivity contribution in [3.05, 3.63) is 12.7 Å². The van der Waals surface area contributed by atoms with Gasteiger partial charge in [-0.2, -0.15) is 0 Å². The average molecular weight is 269 g/mol. The molecule has 0 heterocycles. The Kier molecular flexibility index (Phi) is 6.39. The minimum Gasteiger partial charge on any atom is -0.481 e. The van der Waals surface area contributed by atoms with Crippen molar-refractivity contribution in [1.82, 2.24) is 5.32 Å². The maximum atomic E-state index is 11.7. The fourth-order valence-corrected chi connectivity index (χ4v) is 2.63. The van der Waals surface area contributed by atoms with Crippen LogP contribution >= 0.6 is 0 Å². The van der Waals surface area contributed by atoms with E-state index in [1.54, 1.807) is 0 Å². The number of carboxylic acids is 1. The Morgan fingerprint density at radius 2 is 2.00 bits per heavy atom. The zero-order valence-corrected chi connectivity index (χ0v) is 11.3. The second-order valence-electron chi connectivity index (χ2n) is 5.10. The number of carbonyl (C=O) groups is 2. The normalized spacial score (nSPS) is 17.5. The standard InChI is InChI=1S/C14H23NO4/c1-2-11-19-13(18)15-14(8-4-3-5-9-14)10-6-7-12(16)17/h2H,1,3-11H2,(H,15,18)(H,16,17). The number of rotatable bonds is 7. The van der Waals surface area contributed by atoms with E-state index in [9.17, 15) is 9.59 Å². The molecule has 0 aliphatic heterocycles. The lowest BCUT2D eigenvalue weighted by molar-refractivity contribution is -0.137. The first-order valence-corrected chi connectivity index (χ1v) is 6.86. The lowest BCUT2D eigenvalue weighted by Gasteiger charge is -2.37. The van der Waals surface area contributed by atoms with E-state index in [0.717, 1.165) is 25.7 Å². The second-order valence-corrected chi connectivity index (χ2v) is 5.10. The number of carbonyl (C=O) groups excluding carboxylic acids is 1. The Morgan fingerprint density at radius 3 is 2.58 bits per heavy atom. The Labute approximate surface area is 114 Å². The van der Waals surface area contributed by atoms with E-state index in [4.69, 9.17) is 9.84 Å². The fourth-order valence-electron chi connectivity index (χ4n) is 2.63. The van der Waals surface area contributed by atoms with Crippen molar-refractivity contribution in [2.75, 3.05) is 6.61 Å². The molecule has 1 fully saturated rings. The molecule has 0 saturated heterocycles. The molecule has 108 valence electrons. The summed E-state index contributed by atoms with van der Waals surface area (Å²) in [6.45, 7) is 3.69. The van der Waals surface area contributed by atoms with Gasteiger partial charge in [0.15, 0.2) is 0 Å². The molecule has 5 nitrogen and oxygen atoms in total. The molecule has 1 rings (SSSR count). The van der Waals surface area contributed by atoms with Gasteiger partial charge in [-0.05, 0) is 25.7 Å². The Balaban J connectivity index is 2.51. The van der Waals surface area contributed by atoms with Crippen molar-refractivity contribution in [3.63, 3.8) is 0 Å². The highest BCUT2D eigenvalue weighted by Crippen LogP contribution is 2.32. The molecule has 0 aromatic heterocycles. The van der Waals surface area contributed by atoms with Gasteiger partial charge in [0, 0.05) is 12.0 Å². The van der Waals surface area contributed by atoms with Crippen LogP contribution < -0.4 is 5.32 Å². The van der Waals surface area contributed by atoms with E-state index in [0.29, 0.717) is 12.8 Å². The minimum atomic E-state index is -0.791. The predicted octanol–water partition coefficient (Wildman–Crippen LogP) is 2.86. The van der Waals surface area contributed by atoms with Crippen LogP contribution in [0.3, 0.4) is 0 Å². The molecule has 0 radical (unpaired) electrons. The summed E-state index contributed by atoms with van der Waals surface area (Å²) >= 11 is 0. The number of nitrogens with one attached hydrogen (secondary N) is 1. The van der Waals surface area contributed by atoms with E-state index >= 15 is 0 Å². The first-order valence-electron chi connectivity index (χ1n) is 6.86. The number of aliphatic carboxylic acids is 1. The van der Waals surface area contributed by atoms with Gasteiger partial charge in [0.25, 0.3) is 0 Å². The summed E-state index contributed by atoms with van der Waals surface area (Å²) in [5, 5.41) is 11.6. The summed E-state index contributed by atoms with van der Waals surface area (Å²) in [5.41, 5.74) is -0.286. The monoisotopic (exact) mass is 269 g/mol. The van der Waals surface area contributed by atoms with Crippen LogP contribution in [0.25, 0.3) is 0 Å². The maximum Gasteiger partial charge on any atom is 0.407 e. The molecule has 0 aromatic rings. The number of hydrogen-bond donors (Lipinski definition) is 2. The Bertz CT molecular complexity index is 321. The minimum absolute atomic E-state index is 0.144. The molecule has 2 N–H and O–H groups in total. The van der Waals surface area contributed by atoms with Crippen molar-refractivity contribution in [2.45, 2.75) is 56.9 Å². The molecule has 5 heteroatoms. The van der Waals surface area contributed by atoms with Crippen LogP contribution in [0.4, 0.5) is 4.79 Å². The smallest absolute Gasteiger partial charge is 0.407 e. The molecule has 0 atom stereocenters. The van der Waals surface area contributed by atoms with E-state index in [2.05, 4.69) is 11.9 Å². The Morgan fingerprint density at radius 1 is 1.32 bits per heavy atom. The van der Waals surface area contributed by atoms with Gasteiger partial charge in [-0.3, -0.25) is 4.79 Å². The van der Waals surface area contributed by atoms with Crippen LogP contribution in [-0.4, -0.2) is 29.3 Å². The number of alkyl carbamates (subject to hydrolysis) is 1. The highest BCUT2D eigenvalue weighted by molar-refractivity contribution is 5.68. The van der Waals surface area contributed by atoms with Crippen molar-refractivity contribution >= 4 is 12.1 Å². The van der Waals surface area contributed by atoms with Crippen molar-refractivity contribution in [1.29, 1.82) is 0 Å². The zero-order chi connectivity index (χ0) is 14.1. The average Bonchev–Trinajstić information content (AvgIpc) is 2.37. The van der Waals surface area contributed by atoms with Crippen molar-refractivity contribution in [3.8, 4) is 0 Å². The first kappa shape index (κ1) is 15.5. The summed E-state index contributed by atoms with van der Waals surface area (Å²) < 4.78 is 4.96. The SMILES string of the molecule is C=CCOC(=O)NC1(CCCC(=O)O)CCCCC1. The van der Waals surface area contributed by atoms with E-state index < -0.39 is 12.1 Å². The molecule has 0 aromatic carbocycles. The third kappa shape index (κ3) is 5.77. The summed E-state index contributed by atoms with van der Waals surface area (Å²) in [7, 11) is 0. The van der Waals surface area contributed by atoms with Crippen LogP contribution in [0.15, 0.2) is 12.7 Å². The third-order valence-electron chi connectivity index (χ3n) is 3.56. The Hall–Kier alpha value is -1.52. The van der Waals surface area contributed by atoms with Crippen LogP contribution in [0.2, 0.25) is 0 Å². The molecular formula is C14H23NO4. The van der Waals surface area contributed by atoms with E-state index in [1.165, 1.54) is 12.5 Å². The van der Waals surface area contributed by atoms with Gasteiger partial charge in [-0.1, -0.05) is 31.9 Å². The summed E-state index contributed by atoms with van der Waals surface area (Å²) in [6.07, 6.45) is 7.61. The quantitative estimate of drug-likeness (QED) is 0.697. The predicted molar refractivity (Wildman–Crippen MR) is 72.0 cm³/mol. The maximum absolute atomic E-state index is 11.7. The summed E-state index contributed by atoms with van der Waals surface area (Å²) in [5.74, 6) is -0.791. The second kappa shape index (κ2) is 7.81. The molecule has 1 saturated carbocycles. The van der Waals surface area contributed by atoms with Crippen molar-refractivity contribution < 1.29 is 19.4 Å². The number of carboxylic acid groups (broad SMARTS) is 1. The largest absolute Gasteiger partial charge is 0.481 e. The molecule has 0 unspecified atom stereocenters. The molecule has 1 aliphatic rings. The number of hydrogen-bond acceptors (Lipinski definition) is 3. The molecule has 19 heavy (non-hydrogen) atoms. The summed E-state index contributed by atoms with van der Waals surface area (Å²) in [6, 6.07) is 0. The lowest BCUT2D eigenvalue weighted by Crippen LogP contribution is -2.50. The van der Waals surface area contributed by atoms with Gasteiger partial charge in [-0.15, -0.1) is 0 Å². The van der Waals surface area contributed by atoms with Crippen LogP contribution in [0.5, 0.6) is 0 Å². The van der Waals surface area contributed by atoms with Gasteiger partial charge in [0.05, 0.1) is 0 Å². The van der Waals surface area contributed by atoms with Gasteiger partial charge in [-0.25, -0.2) is 4.79 Å². The lowest BCUT2D eigenvalue weighted by atomic mass is 9.78. The first-order chi connectivity index (χ1) is 9.08. The number of amides is 1. The van der Waals surface area contributed by atoms with Crippen LogP contribution in [0, 0.1) is 0 Å². The zero-order valence-electron chi connectivity index (χ0n) is 11.3. The van der Waals surface area contributed by atoms with Crippen LogP contribution in [-0.2, 0) is 9.53 Å². The van der Waals surface area contributed by atoms with Gasteiger partial charge in [0.2, 0.25) is 0 Å². The highest BCUT2D eigenvalue weighted by atomic mass is 16.5. The third-order valence-corrected chi connectivity index (χ3v) is 3.56. The van der Waals surface area contributed by atoms with Gasteiger partial charge in [0.1, 0.15) is 6.61 Å². The molecular weight excluding hydrogens is 246 g/mol. The number of ether oxygens (including phenoxy) is 1. The summed E-state index contributed by atoms with van der Waals surface area (Å²) in [4.78, 5) is 22.3. The molecule has 0 bridgehead atoms. The van der Waals surface area contributed by atoms with Gasteiger partial charge >= 0.3 is 12.1 Å². The molecule has 1 aliphatic carbocycles. The van der Waals surface area contributed by atoms with E-state index in [1.807, 2.05) is 0 Å². The van der Waals surface area contributed by atoms with Crippen molar-refractivity contribution in [2.24, 2.45) is 0 Å². The molecule has 0 spiro atoms. The van der Waals surface area contributed by atoms with E-state index in [-0.39, 0.29) is 18.6 Å².